The van der Waals surface area contributed by atoms with E-state index in [2.05, 4.69) is 13.8 Å². The molecule has 0 spiro atoms. The van der Waals surface area contributed by atoms with Crippen LogP contribution in [0.4, 0.5) is 0 Å². The Morgan fingerprint density at radius 3 is 1.32 bits per heavy atom. The predicted molar refractivity (Wildman–Crippen MR) is 81.3 cm³/mol. The molecule has 1 unspecified atom stereocenters. The maximum absolute atomic E-state index is 9.65. The molecule has 138 valence electrons. The van der Waals surface area contributed by atoms with Crippen molar-refractivity contribution in [1.82, 2.24) is 0 Å². The van der Waals surface area contributed by atoms with Gasteiger partial charge >= 0.3 is 15.6 Å². The second-order valence-electron chi connectivity index (χ2n) is 4.69. The molecule has 0 saturated carbocycles. The van der Waals surface area contributed by atoms with Crippen LogP contribution in [-0.2, 0) is 9.13 Å². The van der Waals surface area contributed by atoms with E-state index >= 15 is 0 Å². The molecule has 0 radical (unpaired) electrons. The summed E-state index contributed by atoms with van der Waals surface area (Å²) in [6, 6.07) is 0. The minimum Gasteiger partial charge on any atom is -0.376 e. The minimum absolute atomic E-state index is 0.743. The Morgan fingerprint density at radius 1 is 0.773 bits per heavy atom. The highest BCUT2D eigenvalue weighted by molar-refractivity contribution is 7.45. The Labute approximate surface area is 130 Å². The number of nitrogens with two attached hydrogens (primary N) is 1. The smallest absolute Gasteiger partial charge is 0.376 e. The van der Waals surface area contributed by atoms with Crippen molar-refractivity contribution in [2.45, 2.75) is 64.5 Å². The predicted octanol–water partition coefficient (Wildman–Crippen LogP) is 0.547. The van der Waals surface area contributed by atoms with Crippen LogP contribution in [0.25, 0.3) is 0 Å². The van der Waals surface area contributed by atoms with Gasteiger partial charge in [-0.2, -0.15) is 0 Å². The van der Waals surface area contributed by atoms with Gasteiger partial charge in [-0.1, -0.05) is 33.1 Å². The molecule has 0 aromatic carbocycles. The van der Waals surface area contributed by atoms with Gasteiger partial charge in [-0.3, -0.25) is 0 Å². The molecule has 0 fully saturated rings. The summed E-state index contributed by atoms with van der Waals surface area (Å²) < 4.78 is 17.8. The van der Waals surface area contributed by atoms with Crippen LogP contribution < -0.4 is 5.73 Å². The summed E-state index contributed by atoms with van der Waals surface area (Å²) >= 11 is 0. The second kappa shape index (κ2) is 13.6. The first-order valence-electron chi connectivity index (χ1n) is 6.70. The Balaban J connectivity index is -0.000000298. The van der Waals surface area contributed by atoms with E-state index in [1.54, 1.807) is 0 Å². The van der Waals surface area contributed by atoms with Gasteiger partial charge in [-0.05, 0) is 25.7 Å². The molecule has 0 rings (SSSR count). The summed E-state index contributed by atoms with van der Waals surface area (Å²) in [5.74, 6) is 0. The van der Waals surface area contributed by atoms with E-state index in [1.807, 2.05) is 0 Å². The molecule has 9 N–H and O–H groups in total. The third-order valence-corrected chi connectivity index (χ3v) is 2.18. The van der Waals surface area contributed by atoms with Gasteiger partial charge in [0.1, 0.15) is 5.72 Å². The van der Waals surface area contributed by atoms with E-state index in [0.29, 0.717) is 0 Å². The van der Waals surface area contributed by atoms with Crippen molar-refractivity contribution in [2.24, 2.45) is 5.73 Å². The van der Waals surface area contributed by atoms with E-state index in [1.165, 1.54) is 12.8 Å². The number of aliphatic hydroxyl groups is 1. The monoisotopic (exact) mass is 369 g/mol. The van der Waals surface area contributed by atoms with E-state index in [4.69, 9.17) is 44.2 Å². The topological polar surface area (TPSA) is 202 Å². The van der Waals surface area contributed by atoms with Gasteiger partial charge in [0.15, 0.2) is 0 Å². The molecule has 0 saturated heterocycles. The lowest BCUT2D eigenvalue weighted by molar-refractivity contribution is 0.0246. The average Bonchev–Trinajstić information content (AvgIpc) is 2.22. The number of rotatable bonds is 7. The molecular weight excluding hydrogens is 340 g/mol. The molecule has 0 amide bonds. The zero-order valence-electron chi connectivity index (χ0n) is 12.9. The molecule has 12 heteroatoms. The molecule has 0 aliphatic heterocycles. The molecule has 0 bridgehead atoms. The van der Waals surface area contributed by atoms with Crippen molar-refractivity contribution in [2.75, 3.05) is 0 Å². The van der Waals surface area contributed by atoms with Crippen LogP contribution in [-0.4, -0.2) is 40.2 Å². The van der Waals surface area contributed by atoms with Crippen molar-refractivity contribution in [3.05, 3.63) is 0 Å². The highest BCUT2D eigenvalue weighted by atomic mass is 31.2. The number of hydrogen-bond acceptors (Lipinski definition) is 4. The van der Waals surface area contributed by atoms with Gasteiger partial charge in [0.2, 0.25) is 0 Å². The Morgan fingerprint density at radius 2 is 1.05 bits per heavy atom. The maximum atomic E-state index is 9.65. The molecule has 0 aromatic rings. The lowest BCUT2D eigenvalue weighted by Crippen LogP contribution is -2.39. The molecule has 0 aliphatic rings. The summed E-state index contributed by atoms with van der Waals surface area (Å²) in [4.78, 5) is 43.1. The van der Waals surface area contributed by atoms with Crippen LogP contribution in [0.15, 0.2) is 0 Å². The van der Waals surface area contributed by atoms with E-state index in [0.717, 1.165) is 32.1 Å². The first kappa shape index (κ1) is 27.0. The standard InChI is InChI=1S/C10H23NO.2H3O4P/c1-3-5-7-9-10(11,12)8-6-4-2;2*1-5(2,3)4/h12H,3-9,11H2,1-2H3;2*(H3,1,2,3,4). The van der Waals surface area contributed by atoms with E-state index in [9.17, 15) is 5.11 Å². The number of hydrogen-bond donors (Lipinski definition) is 8. The van der Waals surface area contributed by atoms with Crippen LogP contribution in [0.2, 0.25) is 0 Å². The Kier molecular flexibility index (Phi) is 16.7. The normalized spacial score (nSPS) is 14.1. The van der Waals surface area contributed by atoms with Gasteiger partial charge in [-0.15, -0.1) is 0 Å². The number of unbranched alkanes of at least 4 members (excludes halogenated alkanes) is 3. The molecule has 1 atom stereocenters. The van der Waals surface area contributed by atoms with Crippen molar-refractivity contribution >= 4 is 15.6 Å². The van der Waals surface area contributed by atoms with Crippen LogP contribution >= 0.6 is 15.6 Å². The maximum Gasteiger partial charge on any atom is 0.466 e. The molecule has 0 heterocycles. The summed E-state index contributed by atoms with van der Waals surface area (Å²) in [5, 5.41) is 9.65. The first-order valence-corrected chi connectivity index (χ1v) is 9.83. The zero-order chi connectivity index (χ0) is 18.4. The molecular formula is C10H29NO9P2. The van der Waals surface area contributed by atoms with Gasteiger partial charge in [0, 0.05) is 0 Å². The van der Waals surface area contributed by atoms with Crippen LogP contribution in [0.1, 0.15) is 58.8 Å². The lowest BCUT2D eigenvalue weighted by Gasteiger charge is -2.22. The molecule has 0 aliphatic carbocycles. The highest BCUT2D eigenvalue weighted by Gasteiger charge is 2.18. The summed E-state index contributed by atoms with van der Waals surface area (Å²) in [5.41, 5.74) is 4.80. The fourth-order valence-electron chi connectivity index (χ4n) is 1.29. The second-order valence-corrected chi connectivity index (χ2v) is 6.74. The van der Waals surface area contributed by atoms with Gasteiger partial charge in [0.25, 0.3) is 0 Å². The van der Waals surface area contributed by atoms with Crippen molar-refractivity contribution in [3.8, 4) is 0 Å². The third kappa shape index (κ3) is 59.5. The molecule has 22 heavy (non-hydrogen) atoms. The quantitative estimate of drug-likeness (QED) is 0.178. The Hall–Kier alpha value is 0.140. The van der Waals surface area contributed by atoms with Crippen LogP contribution in [0.3, 0.4) is 0 Å². The highest BCUT2D eigenvalue weighted by Crippen LogP contribution is 2.26. The first-order chi connectivity index (χ1) is 9.62. The third-order valence-electron chi connectivity index (χ3n) is 2.18. The largest absolute Gasteiger partial charge is 0.466 e. The molecule has 0 aromatic heterocycles. The summed E-state index contributed by atoms with van der Waals surface area (Å²) in [7, 11) is -9.28. The van der Waals surface area contributed by atoms with Crippen molar-refractivity contribution in [3.63, 3.8) is 0 Å². The molecule has 10 nitrogen and oxygen atoms in total. The van der Waals surface area contributed by atoms with E-state index in [-0.39, 0.29) is 0 Å². The van der Waals surface area contributed by atoms with Crippen molar-refractivity contribution < 1.29 is 43.6 Å². The lowest BCUT2D eigenvalue weighted by atomic mass is 10.00. The van der Waals surface area contributed by atoms with Crippen LogP contribution in [0, 0.1) is 0 Å². The van der Waals surface area contributed by atoms with Gasteiger partial charge < -0.3 is 40.2 Å². The minimum atomic E-state index is -4.64. The SMILES string of the molecule is CCCCCC(N)(O)CCCC.O=P(O)(O)O.O=P(O)(O)O. The van der Waals surface area contributed by atoms with Crippen molar-refractivity contribution in [1.29, 1.82) is 0 Å². The van der Waals surface area contributed by atoms with Crippen LogP contribution in [0.5, 0.6) is 0 Å². The fourth-order valence-corrected chi connectivity index (χ4v) is 1.29. The zero-order valence-corrected chi connectivity index (χ0v) is 14.7. The Bertz CT molecular complexity index is 303. The van der Waals surface area contributed by atoms with Gasteiger partial charge in [0.05, 0.1) is 0 Å². The number of phosphoric acid groups is 2. The fraction of sp³-hybridized carbons (Fsp3) is 1.00. The van der Waals surface area contributed by atoms with Gasteiger partial charge in [-0.25, -0.2) is 9.13 Å². The average molecular weight is 369 g/mol. The van der Waals surface area contributed by atoms with E-state index < -0.39 is 21.4 Å². The summed E-state index contributed by atoms with van der Waals surface area (Å²) in [6.45, 7) is 4.27. The summed E-state index contributed by atoms with van der Waals surface area (Å²) in [6.07, 6.45) is 7.03.